The summed E-state index contributed by atoms with van der Waals surface area (Å²) in [6, 6.07) is 0. The fourth-order valence-electron chi connectivity index (χ4n) is 6.29. The standard InChI is InChI=1S/C28H35N5OS/c1-15(2)22-23-18(5)25(19-11-20(12-19)28(34)32-9-7-6-8-10-32)35-27(23)31-24(22)21-13-33-26(29-14-30-33)17(4)16(21)3/h13-15,19-20,31H,6-12H2,1-5H3. The average Bonchev–Trinajstić information content (AvgIpc) is 3.51. The molecule has 4 aromatic heterocycles. The Bertz CT molecular complexity index is 1430. The van der Waals surface area contributed by atoms with Gasteiger partial charge in [0.2, 0.25) is 5.91 Å². The Morgan fingerprint density at radius 1 is 1.09 bits per heavy atom. The van der Waals surface area contributed by atoms with Crippen LogP contribution in [0.3, 0.4) is 0 Å². The molecule has 2 aliphatic rings. The topological polar surface area (TPSA) is 66.3 Å². The van der Waals surface area contributed by atoms with Crippen LogP contribution < -0.4 is 0 Å². The fraction of sp³-hybridized carbons (Fsp3) is 0.536. The molecule has 6 rings (SSSR count). The number of rotatable bonds is 4. The summed E-state index contributed by atoms with van der Waals surface area (Å²) in [5, 5.41) is 5.80. The molecule has 1 aliphatic carbocycles. The quantitative estimate of drug-likeness (QED) is 0.356. The van der Waals surface area contributed by atoms with Gasteiger partial charge in [-0.3, -0.25) is 4.79 Å². The Morgan fingerprint density at radius 3 is 2.54 bits per heavy atom. The lowest BCUT2D eigenvalue weighted by Crippen LogP contribution is -2.43. The highest BCUT2D eigenvalue weighted by atomic mass is 32.1. The van der Waals surface area contributed by atoms with E-state index in [4.69, 9.17) is 0 Å². The molecule has 0 bridgehead atoms. The van der Waals surface area contributed by atoms with Gasteiger partial charge >= 0.3 is 0 Å². The molecule has 1 amide bonds. The number of hydrogen-bond acceptors (Lipinski definition) is 4. The first-order chi connectivity index (χ1) is 16.8. The van der Waals surface area contributed by atoms with E-state index < -0.39 is 0 Å². The van der Waals surface area contributed by atoms with Crippen LogP contribution in [-0.2, 0) is 4.79 Å². The van der Waals surface area contributed by atoms with Gasteiger partial charge in [0.25, 0.3) is 0 Å². The van der Waals surface area contributed by atoms with Gasteiger partial charge in [0.15, 0.2) is 5.65 Å². The van der Waals surface area contributed by atoms with Gasteiger partial charge in [0, 0.05) is 41.0 Å². The molecule has 0 radical (unpaired) electrons. The van der Waals surface area contributed by atoms with E-state index in [-0.39, 0.29) is 5.92 Å². The predicted molar refractivity (Wildman–Crippen MR) is 142 cm³/mol. The molecule has 35 heavy (non-hydrogen) atoms. The molecule has 1 aliphatic heterocycles. The number of pyridine rings is 1. The number of carbonyl (C=O) groups is 1. The summed E-state index contributed by atoms with van der Waals surface area (Å²) in [4.78, 5) is 26.1. The Balaban J connectivity index is 1.34. The van der Waals surface area contributed by atoms with Gasteiger partial charge in [0.05, 0.1) is 5.69 Å². The number of thiophene rings is 1. The molecule has 0 unspecified atom stereocenters. The summed E-state index contributed by atoms with van der Waals surface area (Å²) >= 11 is 1.90. The second-order valence-corrected chi connectivity index (χ2v) is 12.0. The molecule has 1 N–H and O–H groups in total. The number of nitrogens with one attached hydrogen (secondary N) is 1. The van der Waals surface area contributed by atoms with Crippen LogP contribution in [0.4, 0.5) is 0 Å². The molecular weight excluding hydrogens is 454 g/mol. The summed E-state index contributed by atoms with van der Waals surface area (Å²) in [5.74, 6) is 1.53. The first kappa shape index (κ1) is 22.8. The Morgan fingerprint density at radius 2 is 1.83 bits per heavy atom. The highest BCUT2D eigenvalue weighted by molar-refractivity contribution is 7.19. The number of H-pyrrole nitrogens is 1. The van der Waals surface area contributed by atoms with E-state index in [0.29, 0.717) is 17.7 Å². The van der Waals surface area contributed by atoms with Crippen molar-refractivity contribution in [3.63, 3.8) is 0 Å². The zero-order valence-corrected chi connectivity index (χ0v) is 22.3. The van der Waals surface area contributed by atoms with Crippen LogP contribution in [0.1, 0.15) is 84.9 Å². The first-order valence-corrected chi connectivity index (χ1v) is 13.9. The van der Waals surface area contributed by atoms with E-state index >= 15 is 0 Å². The van der Waals surface area contributed by atoms with Gasteiger partial charge in [-0.2, -0.15) is 5.10 Å². The number of nitrogens with zero attached hydrogens (tertiary/aromatic N) is 4. The summed E-state index contributed by atoms with van der Waals surface area (Å²) < 4.78 is 1.89. The van der Waals surface area contributed by atoms with Crippen molar-refractivity contribution in [3.05, 3.63) is 39.7 Å². The average molecular weight is 490 g/mol. The maximum Gasteiger partial charge on any atom is 0.225 e. The Labute approximate surface area is 210 Å². The van der Waals surface area contributed by atoms with E-state index in [0.717, 1.165) is 31.6 Å². The van der Waals surface area contributed by atoms with Crippen LogP contribution in [-0.4, -0.2) is 43.5 Å². The second-order valence-electron chi connectivity index (χ2n) is 10.9. The molecule has 6 nitrogen and oxygen atoms in total. The van der Waals surface area contributed by atoms with E-state index in [1.54, 1.807) is 6.33 Å². The number of fused-ring (bicyclic) bond motifs is 2. The minimum absolute atomic E-state index is 0.220. The molecule has 0 atom stereocenters. The van der Waals surface area contributed by atoms with Crippen LogP contribution in [0.15, 0.2) is 12.5 Å². The number of hydrogen-bond donors (Lipinski definition) is 1. The van der Waals surface area contributed by atoms with E-state index in [1.807, 2.05) is 15.9 Å². The molecule has 1 saturated carbocycles. The van der Waals surface area contributed by atoms with E-state index in [1.165, 1.54) is 67.9 Å². The maximum absolute atomic E-state index is 13.0. The van der Waals surface area contributed by atoms with Crippen LogP contribution in [0, 0.1) is 26.7 Å². The van der Waals surface area contributed by atoms with Crippen molar-refractivity contribution in [1.82, 2.24) is 24.5 Å². The van der Waals surface area contributed by atoms with Crippen molar-refractivity contribution < 1.29 is 4.79 Å². The van der Waals surface area contributed by atoms with Crippen LogP contribution in [0.25, 0.3) is 27.1 Å². The lowest BCUT2D eigenvalue weighted by molar-refractivity contribution is -0.139. The molecule has 5 heterocycles. The number of likely N-dealkylation sites (tertiary alicyclic amines) is 1. The van der Waals surface area contributed by atoms with E-state index in [2.05, 4.69) is 60.8 Å². The van der Waals surface area contributed by atoms with Gasteiger partial charge in [0.1, 0.15) is 11.2 Å². The Hall–Kier alpha value is -2.67. The van der Waals surface area contributed by atoms with Crippen LogP contribution in [0.5, 0.6) is 0 Å². The van der Waals surface area contributed by atoms with Crippen molar-refractivity contribution in [3.8, 4) is 11.3 Å². The molecule has 184 valence electrons. The summed E-state index contributed by atoms with van der Waals surface area (Å²) in [6.07, 6.45) is 9.35. The SMILES string of the molecule is Cc1c(-c2[nH]c3sc(C4CC(C(=O)N5CCCCC5)C4)c(C)c3c2C(C)C)cn2ncnc2c1C. The molecule has 2 fully saturated rings. The van der Waals surface area contributed by atoms with Gasteiger partial charge in [-0.1, -0.05) is 13.8 Å². The highest BCUT2D eigenvalue weighted by Gasteiger charge is 2.40. The normalized spacial score (nSPS) is 20.8. The first-order valence-electron chi connectivity index (χ1n) is 13.1. The van der Waals surface area contributed by atoms with Crippen LogP contribution in [0.2, 0.25) is 0 Å². The molecule has 1 saturated heterocycles. The summed E-state index contributed by atoms with van der Waals surface area (Å²) in [7, 11) is 0. The second kappa shape index (κ2) is 8.47. The molecule has 0 spiro atoms. The van der Waals surface area contributed by atoms with Crippen molar-refractivity contribution >= 4 is 33.1 Å². The Kier molecular flexibility index (Phi) is 5.51. The summed E-state index contributed by atoms with van der Waals surface area (Å²) in [5.41, 5.74) is 8.54. The third-order valence-corrected chi connectivity index (χ3v) is 9.83. The van der Waals surface area contributed by atoms with Gasteiger partial charge < -0.3 is 9.88 Å². The van der Waals surface area contributed by atoms with Crippen molar-refractivity contribution in [2.45, 2.75) is 78.6 Å². The monoisotopic (exact) mass is 489 g/mol. The van der Waals surface area contributed by atoms with Gasteiger partial charge in [-0.05, 0) is 87.0 Å². The number of aryl methyl sites for hydroxylation is 2. The zero-order chi connectivity index (χ0) is 24.4. The lowest BCUT2D eigenvalue weighted by Gasteiger charge is -2.38. The number of carbonyl (C=O) groups excluding carboxylic acids is 1. The van der Waals surface area contributed by atoms with Crippen molar-refractivity contribution in [2.75, 3.05) is 13.1 Å². The van der Waals surface area contributed by atoms with Gasteiger partial charge in [-0.25, -0.2) is 9.50 Å². The minimum atomic E-state index is 0.220. The molecule has 0 aromatic carbocycles. The third kappa shape index (κ3) is 3.53. The fourth-order valence-corrected chi connectivity index (χ4v) is 7.64. The number of aromatic amines is 1. The molecule has 7 heteroatoms. The van der Waals surface area contributed by atoms with Crippen LogP contribution >= 0.6 is 11.3 Å². The minimum Gasteiger partial charge on any atom is -0.346 e. The predicted octanol–water partition coefficient (Wildman–Crippen LogP) is 6.49. The molecule has 4 aromatic rings. The highest BCUT2D eigenvalue weighted by Crippen LogP contribution is 2.51. The summed E-state index contributed by atoms with van der Waals surface area (Å²) in [6.45, 7) is 13.1. The number of aromatic nitrogens is 4. The third-order valence-electron chi connectivity index (χ3n) is 8.46. The molecular formula is C28H35N5OS. The maximum atomic E-state index is 13.0. The van der Waals surface area contributed by atoms with Crippen molar-refractivity contribution in [1.29, 1.82) is 0 Å². The smallest absolute Gasteiger partial charge is 0.225 e. The zero-order valence-electron chi connectivity index (χ0n) is 21.4. The van der Waals surface area contributed by atoms with Crippen molar-refractivity contribution in [2.24, 2.45) is 5.92 Å². The lowest BCUT2D eigenvalue weighted by atomic mass is 9.72. The van der Waals surface area contributed by atoms with Gasteiger partial charge in [-0.15, -0.1) is 11.3 Å². The largest absolute Gasteiger partial charge is 0.346 e. The number of amides is 1. The van der Waals surface area contributed by atoms with E-state index in [9.17, 15) is 4.79 Å². The number of piperidine rings is 1.